The molecule has 1 saturated heterocycles. The van der Waals surface area contributed by atoms with Crippen LogP contribution in [0.3, 0.4) is 0 Å². The van der Waals surface area contributed by atoms with Crippen molar-refractivity contribution in [2.24, 2.45) is 10.1 Å². The van der Waals surface area contributed by atoms with Crippen molar-refractivity contribution in [3.8, 4) is 0 Å². The van der Waals surface area contributed by atoms with Crippen LogP contribution < -0.4 is 5.43 Å². The molecule has 3 heterocycles. The van der Waals surface area contributed by atoms with Crippen LogP contribution in [0.15, 0.2) is 34.4 Å². The summed E-state index contributed by atoms with van der Waals surface area (Å²) < 4.78 is 8.20. The third kappa shape index (κ3) is 3.89. The molecule has 0 aliphatic carbocycles. The van der Waals surface area contributed by atoms with Gasteiger partial charge >= 0.3 is 0 Å². The standard InChI is InChI=1S/C22H28N4OS/c1-14-7-5-9-20(16(14)3)23-22-25-24-21(13-28-22)19-11-15(2)26(17(19)4)12-18-8-6-10-27-18/h5,7,9,11,18H,6,8,10,12-13H2,1-4H3,(H,23,25). The van der Waals surface area contributed by atoms with E-state index in [1.807, 2.05) is 6.07 Å². The number of hydrazone groups is 1. The lowest BCUT2D eigenvalue weighted by Gasteiger charge is -2.17. The second kappa shape index (κ2) is 8.13. The first-order chi connectivity index (χ1) is 13.5. The van der Waals surface area contributed by atoms with Crippen LogP contribution in [0.5, 0.6) is 0 Å². The number of benzene rings is 1. The van der Waals surface area contributed by atoms with Crippen LogP contribution in [0.1, 0.15) is 40.9 Å². The summed E-state index contributed by atoms with van der Waals surface area (Å²) >= 11 is 1.71. The highest BCUT2D eigenvalue weighted by molar-refractivity contribution is 8.14. The average molecular weight is 397 g/mol. The summed E-state index contributed by atoms with van der Waals surface area (Å²) in [6, 6.07) is 8.46. The van der Waals surface area contributed by atoms with E-state index in [-0.39, 0.29) is 0 Å². The van der Waals surface area contributed by atoms with Gasteiger partial charge in [-0.05, 0) is 63.8 Å². The highest BCUT2D eigenvalue weighted by atomic mass is 32.2. The largest absolute Gasteiger partial charge is 0.376 e. The van der Waals surface area contributed by atoms with Crippen LogP contribution >= 0.6 is 11.8 Å². The fraction of sp³-hybridized carbons (Fsp3) is 0.455. The third-order valence-electron chi connectivity index (χ3n) is 5.72. The van der Waals surface area contributed by atoms with Crippen LogP contribution in [-0.2, 0) is 11.3 Å². The van der Waals surface area contributed by atoms with E-state index in [4.69, 9.17) is 9.73 Å². The monoisotopic (exact) mass is 396 g/mol. The molecule has 5 nitrogen and oxygen atoms in total. The Bertz CT molecular complexity index is 938. The minimum absolute atomic E-state index is 0.342. The van der Waals surface area contributed by atoms with Gasteiger partial charge in [-0.1, -0.05) is 23.9 Å². The fourth-order valence-electron chi connectivity index (χ4n) is 3.84. The van der Waals surface area contributed by atoms with Gasteiger partial charge in [-0.15, -0.1) is 0 Å². The number of nitrogens with one attached hydrogen (secondary N) is 1. The maximum absolute atomic E-state index is 5.83. The number of ether oxygens (including phenoxy) is 1. The average Bonchev–Trinajstić information content (AvgIpc) is 3.30. The molecule has 2 aromatic rings. The summed E-state index contributed by atoms with van der Waals surface area (Å²) in [7, 11) is 0. The predicted molar refractivity (Wildman–Crippen MR) is 118 cm³/mol. The number of aromatic nitrogens is 1. The zero-order chi connectivity index (χ0) is 19.7. The number of hydrogen-bond acceptors (Lipinski definition) is 4. The van der Waals surface area contributed by atoms with Crippen molar-refractivity contribution in [3.05, 3.63) is 52.3 Å². The molecule has 2 aliphatic rings. The molecule has 0 saturated carbocycles. The maximum atomic E-state index is 5.83. The molecule has 6 heteroatoms. The lowest BCUT2D eigenvalue weighted by atomic mass is 10.1. The molecule has 0 bridgehead atoms. The Morgan fingerprint density at radius 2 is 2.14 bits per heavy atom. The summed E-state index contributed by atoms with van der Waals surface area (Å²) in [5, 5.41) is 5.50. The number of thioether (sulfide) groups is 1. The lowest BCUT2D eigenvalue weighted by molar-refractivity contribution is 0.0962. The van der Waals surface area contributed by atoms with Gasteiger partial charge in [-0.25, -0.2) is 4.99 Å². The molecule has 0 spiro atoms. The molecule has 1 aromatic heterocycles. The Labute approximate surface area is 171 Å². The van der Waals surface area contributed by atoms with Crippen molar-refractivity contribution in [2.75, 3.05) is 12.4 Å². The number of amidine groups is 1. The third-order valence-corrected chi connectivity index (χ3v) is 6.60. The number of hydrogen-bond donors (Lipinski definition) is 1. The van der Waals surface area contributed by atoms with Gasteiger partial charge < -0.3 is 9.30 Å². The Morgan fingerprint density at radius 3 is 2.86 bits per heavy atom. The minimum Gasteiger partial charge on any atom is -0.376 e. The summed E-state index contributed by atoms with van der Waals surface area (Å²) in [5.74, 6) is 0.820. The van der Waals surface area contributed by atoms with Gasteiger partial charge in [0.1, 0.15) is 0 Å². The number of aryl methyl sites for hydroxylation is 2. The van der Waals surface area contributed by atoms with Crippen LogP contribution in [0.2, 0.25) is 0 Å². The van der Waals surface area contributed by atoms with Crippen molar-refractivity contribution in [3.63, 3.8) is 0 Å². The van der Waals surface area contributed by atoms with E-state index < -0.39 is 0 Å². The summed E-state index contributed by atoms with van der Waals surface area (Å²) in [5.41, 5.74) is 11.5. The van der Waals surface area contributed by atoms with E-state index in [1.165, 1.54) is 34.5 Å². The van der Waals surface area contributed by atoms with Gasteiger partial charge in [0.25, 0.3) is 0 Å². The number of aliphatic imine (C=N–C) groups is 1. The molecule has 0 radical (unpaired) electrons. The normalized spacial score (nSPS) is 21.1. The molecule has 148 valence electrons. The smallest absolute Gasteiger partial charge is 0.182 e. The van der Waals surface area contributed by atoms with E-state index in [0.29, 0.717) is 6.10 Å². The van der Waals surface area contributed by atoms with Crippen molar-refractivity contribution in [1.29, 1.82) is 0 Å². The SMILES string of the molecule is Cc1cccc(N=C2NN=C(c3cc(C)n(CC4CCCO4)c3C)CS2)c1C. The molecule has 4 rings (SSSR count). The first-order valence-electron chi connectivity index (χ1n) is 9.92. The fourth-order valence-corrected chi connectivity index (χ4v) is 4.61. The number of rotatable bonds is 4. The van der Waals surface area contributed by atoms with Crippen molar-refractivity contribution >= 4 is 28.3 Å². The second-order valence-electron chi connectivity index (χ2n) is 7.63. The first-order valence-corrected chi connectivity index (χ1v) is 10.9. The van der Waals surface area contributed by atoms with Gasteiger partial charge in [0.2, 0.25) is 0 Å². The molecule has 2 aliphatic heterocycles. The van der Waals surface area contributed by atoms with Crippen LogP contribution in [0, 0.1) is 27.7 Å². The summed E-state index contributed by atoms with van der Waals surface area (Å²) in [6.07, 6.45) is 2.67. The van der Waals surface area contributed by atoms with E-state index in [2.05, 4.69) is 61.0 Å². The van der Waals surface area contributed by atoms with Gasteiger partial charge in [-0.3, -0.25) is 5.43 Å². The molecule has 1 fully saturated rings. The van der Waals surface area contributed by atoms with Crippen molar-refractivity contribution < 1.29 is 4.74 Å². The molecule has 1 aromatic carbocycles. The number of nitrogens with zero attached hydrogens (tertiary/aromatic N) is 3. The molecular weight excluding hydrogens is 368 g/mol. The quantitative estimate of drug-likeness (QED) is 0.820. The van der Waals surface area contributed by atoms with Crippen LogP contribution in [0.25, 0.3) is 0 Å². The summed E-state index contributed by atoms with van der Waals surface area (Å²) in [6.45, 7) is 10.4. The van der Waals surface area contributed by atoms with E-state index in [9.17, 15) is 0 Å². The van der Waals surface area contributed by atoms with Gasteiger partial charge in [0.15, 0.2) is 5.17 Å². The molecule has 0 amide bonds. The molecule has 1 unspecified atom stereocenters. The van der Waals surface area contributed by atoms with E-state index in [1.54, 1.807) is 11.8 Å². The zero-order valence-corrected chi connectivity index (χ0v) is 17.9. The zero-order valence-electron chi connectivity index (χ0n) is 17.1. The van der Waals surface area contributed by atoms with Crippen LogP contribution in [0.4, 0.5) is 5.69 Å². The van der Waals surface area contributed by atoms with Crippen LogP contribution in [-0.4, -0.2) is 33.9 Å². The Kier molecular flexibility index (Phi) is 5.60. The minimum atomic E-state index is 0.342. The molecule has 28 heavy (non-hydrogen) atoms. The molecule has 1 N–H and O–H groups in total. The highest BCUT2D eigenvalue weighted by Crippen LogP contribution is 2.26. The Balaban J connectivity index is 1.52. The maximum Gasteiger partial charge on any atom is 0.182 e. The van der Waals surface area contributed by atoms with Crippen molar-refractivity contribution in [1.82, 2.24) is 9.99 Å². The van der Waals surface area contributed by atoms with E-state index in [0.717, 1.165) is 41.9 Å². The van der Waals surface area contributed by atoms with Gasteiger partial charge in [-0.2, -0.15) is 5.10 Å². The topological polar surface area (TPSA) is 50.9 Å². The van der Waals surface area contributed by atoms with Crippen molar-refractivity contribution in [2.45, 2.75) is 53.2 Å². The predicted octanol–water partition coefficient (Wildman–Crippen LogP) is 4.63. The first kappa shape index (κ1) is 19.3. The summed E-state index contributed by atoms with van der Waals surface area (Å²) in [4.78, 5) is 4.76. The highest BCUT2D eigenvalue weighted by Gasteiger charge is 2.22. The Hall–Kier alpha value is -2.05. The van der Waals surface area contributed by atoms with Gasteiger partial charge in [0, 0.05) is 35.9 Å². The molecular formula is C22H28N4OS. The van der Waals surface area contributed by atoms with E-state index >= 15 is 0 Å². The van der Waals surface area contributed by atoms with Gasteiger partial charge in [0.05, 0.1) is 17.5 Å². The second-order valence-corrected chi connectivity index (χ2v) is 8.59. The lowest BCUT2D eigenvalue weighted by Crippen LogP contribution is -2.25. The molecule has 1 atom stereocenters. The Morgan fingerprint density at radius 1 is 1.29 bits per heavy atom.